The minimum Gasteiger partial charge on any atom is -0.486 e. The van der Waals surface area contributed by atoms with Crippen LogP contribution in [-0.4, -0.2) is 35.7 Å². The smallest absolute Gasteiger partial charge is 0.329 e. The monoisotopic (exact) mass is 277 g/mol. The van der Waals surface area contributed by atoms with Crippen molar-refractivity contribution in [3.63, 3.8) is 0 Å². The van der Waals surface area contributed by atoms with Crippen LogP contribution in [0.3, 0.4) is 0 Å². The van der Waals surface area contributed by atoms with Crippen molar-refractivity contribution in [2.45, 2.75) is 24.8 Å². The Hall–Kier alpha value is -2.24. The summed E-state index contributed by atoms with van der Waals surface area (Å²) in [5.74, 6) is 0.0418. The van der Waals surface area contributed by atoms with Crippen LogP contribution in [0, 0.1) is 0 Å². The summed E-state index contributed by atoms with van der Waals surface area (Å²) in [6.07, 6.45) is 1.12. The fourth-order valence-corrected chi connectivity index (χ4v) is 2.21. The van der Waals surface area contributed by atoms with Gasteiger partial charge in [-0.3, -0.25) is 4.79 Å². The maximum absolute atomic E-state index is 11.9. The molecule has 0 bridgehead atoms. The Morgan fingerprint density at radius 1 is 1.20 bits per heavy atom. The summed E-state index contributed by atoms with van der Waals surface area (Å²) in [4.78, 5) is 22.9. The minimum absolute atomic E-state index is 0.131. The number of fused-ring (bicyclic) bond motifs is 1. The standard InChI is InChI=1S/C14H15NO5/c16-12(15-14(3-4-14)13(17)18)8-9-1-2-10-11(7-9)20-6-5-19-10/h1-2,7H,3-6,8H2,(H,15,16)(H,17,18). The van der Waals surface area contributed by atoms with Crippen molar-refractivity contribution in [1.82, 2.24) is 5.32 Å². The number of carboxylic acids is 1. The number of nitrogens with one attached hydrogen (secondary N) is 1. The molecule has 2 N–H and O–H groups in total. The third-order valence-corrected chi connectivity index (χ3v) is 3.51. The van der Waals surface area contributed by atoms with Gasteiger partial charge >= 0.3 is 5.97 Å². The molecule has 0 saturated heterocycles. The van der Waals surface area contributed by atoms with E-state index in [1.54, 1.807) is 18.2 Å². The van der Waals surface area contributed by atoms with E-state index in [0.717, 1.165) is 5.56 Å². The number of hydrogen-bond acceptors (Lipinski definition) is 4. The Bertz CT molecular complexity index is 565. The summed E-state index contributed by atoms with van der Waals surface area (Å²) in [6, 6.07) is 5.31. The van der Waals surface area contributed by atoms with Gasteiger partial charge in [0.25, 0.3) is 0 Å². The maximum Gasteiger partial charge on any atom is 0.329 e. The van der Waals surface area contributed by atoms with Gasteiger partial charge in [-0.2, -0.15) is 0 Å². The third kappa shape index (κ3) is 2.41. The van der Waals surface area contributed by atoms with Crippen LogP contribution in [0.4, 0.5) is 0 Å². The molecule has 0 aromatic heterocycles. The van der Waals surface area contributed by atoms with Crippen LogP contribution in [0.2, 0.25) is 0 Å². The van der Waals surface area contributed by atoms with E-state index in [4.69, 9.17) is 14.6 Å². The van der Waals surface area contributed by atoms with Gasteiger partial charge in [-0.15, -0.1) is 0 Å². The van der Waals surface area contributed by atoms with Gasteiger partial charge in [0.1, 0.15) is 18.8 Å². The number of hydrogen-bond donors (Lipinski definition) is 2. The molecule has 1 amide bonds. The van der Waals surface area contributed by atoms with E-state index < -0.39 is 11.5 Å². The zero-order valence-electron chi connectivity index (χ0n) is 10.8. The number of benzene rings is 1. The van der Waals surface area contributed by atoms with Gasteiger partial charge in [0.15, 0.2) is 11.5 Å². The average Bonchev–Trinajstić information content (AvgIpc) is 3.19. The molecule has 1 aliphatic carbocycles. The lowest BCUT2D eigenvalue weighted by Crippen LogP contribution is -2.43. The zero-order chi connectivity index (χ0) is 14.2. The fourth-order valence-electron chi connectivity index (χ4n) is 2.21. The number of carbonyl (C=O) groups is 2. The van der Waals surface area contributed by atoms with Crippen molar-refractivity contribution >= 4 is 11.9 Å². The van der Waals surface area contributed by atoms with Gasteiger partial charge in [-0.25, -0.2) is 4.79 Å². The van der Waals surface area contributed by atoms with Gasteiger partial charge in [0, 0.05) is 0 Å². The molecule has 1 fully saturated rings. The SMILES string of the molecule is O=C(Cc1ccc2c(c1)OCCO2)NC1(C(=O)O)CC1. The minimum atomic E-state index is -1.04. The molecule has 1 saturated carbocycles. The van der Waals surface area contributed by atoms with E-state index in [9.17, 15) is 9.59 Å². The van der Waals surface area contributed by atoms with Crippen LogP contribution < -0.4 is 14.8 Å². The quantitative estimate of drug-likeness (QED) is 0.847. The molecule has 20 heavy (non-hydrogen) atoms. The Morgan fingerprint density at radius 3 is 2.55 bits per heavy atom. The van der Waals surface area contributed by atoms with E-state index in [0.29, 0.717) is 37.6 Å². The van der Waals surface area contributed by atoms with Crippen molar-refractivity contribution in [1.29, 1.82) is 0 Å². The third-order valence-electron chi connectivity index (χ3n) is 3.51. The second kappa shape index (κ2) is 4.70. The van der Waals surface area contributed by atoms with Gasteiger partial charge in [-0.05, 0) is 30.5 Å². The number of amides is 1. The molecule has 6 heteroatoms. The Kier molecular flexibility index (Phi) is 3.00. The first-order chi connectivity index (χ1) is 9.59. The van der Waals surface area contributed by atoms with Crippen LogP contribution in [-0.2, 0) is 16.0 Å². The lowest BCUT2D eigenvalue weighted by molar-refractivity contribution is -0.143. The second-order valence-corrected chi connectivity index (χ2v) is 5.09. The normalized spacial score (nSPS) is 18.2. The summed E-state index contributed by atoms with van der Waals surface area (Å²) in [5.41, 5.74) is -0.266. The van der Waals surface area contributed by atoms with Crippen LogP contribution >= 0.6 is 0 Å². The fraction of sp³-hybridized carbons (Fsp3) is 0.429. The van der Waals surface area contributed by atoms with Gasteiger partial charge in [-0.1, -0.05) is 6.07 Å². The predicted molar refractivity (Wildman–Crippen MR) is 68.9 cm³/mol. The highest BCUT2D eigenvalue weighted by Crippen LogP contribution is 2.36. The molecule has 3 rings (SSSR count). The number of ether oxygens (including phenoxy) is 2. The van der Waals surface area contributed by atoms with E-state index >= 15 is 0 Å². The topological polar surface area (TPSA) is 84.9 Å². The van der Waals surface area contributed by atoms with Gasteiger partial charge in [0.05, 0.1) is 6.42 Å². The number of carbonyl (C=O) groups excluding carboxylic acids is 1. The highest BCUT2D eigenvalue weighted by Gasteiger charge is 2.51. The van der Waals surface area contributed by atoms with E-state index in [-0.39, 0.29) is 12.3 Å². The number of aliphatic carboxylic acids is 1. The highest BCUT2D eigenvalue weighted by atomic mass is 16.6. The molecule has 6 nitrogen and oxygen atoms in total. The first-order valence-electron chi connectivity index (χ1n) is 6.52. The van der Waals surface area contributed by atoms with Crippen LogP contribution in [0.5, 0.6) is 11.5 Å². The Morgan fingerprint density at radius 2 is 1.90 bits per heavy atom. The Balaban J connectivity index is 1.66. The molecular formula is C14H15NO5. The summed E-state index contributed by atoms with van der Waals surface area (Å²) in [6.45, 7) is 1.01. The number of carboxylic acid groups (broad SMARTS) is 1. The molecule has 0 spiro atoms. The van der Waals surface area contributed by atoms with Gasteiger partial charge in [0.2, 0.25) is 5.91 Å². The summed E-state index contributed by atoms with van der Waals surface area (Å²) < 4.78 is 10.8. The van der Waals surface area contributed by atoms with E-state index in [1.165, 1.54) is 0 Å². The summed E-state index contributed by atoms with van der Waals surface area (Å²) >= 11 is 0. The molecule has 0 unspecified atom stereocenters. The molecule has 1 aromatic carbocycles. The second-order valence-electron chi connectivity index (χ2n) is 5.09. The zero-order valence-corrected chi connectivity index (χ0v) is 10.8. The van der Waals surface area contributed by atoms with Crippen molar-refractivity contribution < 1.29 is 24.2 Å². The summed E-state index contributed by atoms with van der Waals surface area (Å²) in [7, 11) is 0. The summed E-state index contributed by atoms with van der Waals surface area (Å²) in [5, 5.41) is 11.6. The highest BCUT2D eigenvalue weighted by molar-refractivity contribution is 5.90. The predicted octanol–water partition coefficient (Wildman–Crippen LogP) is 0.734. The largest absolute Gasteiger partial charge is 0.486 e. The van der Waals surface area contributed by atoms with Crippen LogP contribution in [0.1, 0.15) is 18.4 Å². The van der Waals surface area contributed by atoms with Crippen molar-refractivity contribution in [3.05, 3.63) is 23.8 Å². The van der Waals surface area contributed by atoms with Gasteiger partial charge < -0.3 is 19.9 Å². The molecule has 0 radical (unpaired) electrons. The lowest BCUT2D eigenvalue weighted by atomic mass is 10.1. The van der Waals surface area contributed by atoms with E-state index in [1.807, 2.05) is 0 Å². The Labute approximate surface area is 115 Å². The molecule has 1 heterocycles. The van der Waals surface area contributed by atoms with Crippen LogP contribution in [0.15, 0.2) is 18.2 Å². The molecule has 0 atom stereocenters. The van der Waals surface area contributed by atoms with Crippen LogP contribution in [0.25, 0.3) is 0 Å². The average molecular weight is 277 g/mol. The lowest BCUT2D eigenvalue weighted by Gasteiger charge is -2.19. The number of rotatable bonds is 4. The molecule has 1 aromatic rings. The van der Waals surface area contributed by atoms with Crippen molar-refractivity contribution in [3.8, 4) is 11.5 Å². The molecule has 106 valence electrons. The molecule has 2 aliphatic rings. The molecule has 1 aliphatic heterocycles. The first-order valence-corrected chi connectivity index (χ1v) is 6.52. The van der Waals surface area contributed by atoms with Crippen molar-refractivity contribution in [2.75, 3.05) is 13.2 Å². The molecular weight excluding hydrogens is 262 g/mol. The maximum atomic E-state index is 11.9. The van der Waals surface area contributed by atoms with E-state index in [2.05, 4.69) is 5.32 Å². The first kappa shape index (κ1) is 12.8. The van der Waals surface area contributed by atoms with Crippen molar-refractivity contribution in [2.24, 2.45) is 0 Å².